The van der Waals surface area contributed by atoms with Crippen molar-refractivity contribution in [2.75, 3.05) is 0 Å². The van der Waals surface area contributed by atoms with E-state index in [4.69, 9.17) is 5.11 Å². The molecule has 0 bridgehead atoms. The summed E-state index contributed by atoms with van der Waals surface area (Å²) in [5, 5.41) is 8.53. The van der Waals surface area contributed by atoms with Gasteiger partial charge in [-0.3, -0.25) is 4.79 Å². The van der Waals surface area contributed by atoms with Crippen LogP contribution in [0.15, 0.2) is 42.2 Å². The van der Waals surface area contributed by atoms with E-state index in [2.05, 4.69) is 0 Å². The topological polar surface area (TPSA) is 37.3 Å². The summed E-state index contributed by atoms with van der Waals surface area (Å²) in [5.74, 6) is -2.78. The molecule has 1 radical (unpaired) electrons. The van der Waals surface area contributed by atoms with Gasteiger partial charge in [0.2, 0.25) is 5.76 Å². The summed E-state index contributed by atoms with van der Waals surface area (Å²) in [4.78, 5) is 11.2. The fourth-order valence-electron chi connectivity index (χ4n) is 0.892. The molecular weight excluding hydrogens is 361 g/mol. The quantitative estimate of drug-likeness (QED) is 0.495. The molecule has 0 aliphatic carbocycles. The summed E-state index contributed by atoms with van der Waals surface area (Å²) in [6, 6.07) is 7.40. The van der Waals surface area contributed by atoms with Crippen LogP contribution < -0.4 is 0 Å². The second-order valence-electron chi connectivity index (χ2n) is 2.76. The van der Waals surface area contributed by atoms with Crippen LogP contribution in [0.2, 0.25) is 0 Å². The molecule has 0 fully saturated rings. The van der Waals surface area contributed by atoms with Gasteiger partial charge in [-0.2, -0.15) is 13.2 Å². The van der Waals surface area contributed by atoms with Gasteiger partial charge in [0, 0.05) is 61.0 Å². The third kappa shape index (κ3) is 4.76. The van der Waals surface area contributed by atoms with E-state index in [1.165, 1.54) is 24.3 Å². The monoisotopic (exact) mass is 369 g/mol. The molecule has 0 atom stereocenters. The SMILES string of the molecule is O=C(/C=C(\O)C(F)(F)F)c1ccccc1.[Eu]. The second kappa shape index (κ2) is 6.52. The molecule has 1 N–H and O–H groups in total. The van der Waals surface area contributed by atoms with Crippen molar-refractivity contribution in [2.45, 2.75) is 6.18 Å². The maximum atomic E-state index is 11.9. The summed E-state index contributed by atoms with van der Waals surface area (Å²) in [7, 11) is 0. The fourth-order valence-corrected chi connectivity index (χ4v) is 0.892. The molecule has 1 aromatic carbocycles. The Kier molecular flexibility index (Phi) is 6.44. The van der Waals surface area contributed by atoms with Gasteiger partial charge in [0.05, 0.1) is 0 Å². The van der Waals surface area contributed by atoms with Gasteiger partial charge in [-0.05, 0) is 0 Å². The Morgan fingerprint density at radius 2 is 1.69 bits per heavy atom. The van der Waals surface area contributed by atoms with Crippen molar-refractivity contribution in [3.05, 3.63) is 47.7 Å². The zero-order valence-corrected chi connectivity index (χ0v) is 10.3. The standard InChI is InChI=1S/C10H7F3O2.Eu/c11-10(12,13)9(15)6-8(14)7-4-2-1-3-5-7;/h1-6,15H;/b9-6-;. The minimum absolute atomic E-state index is 0. The molecule has 16 heavy (non-hydrogen) atoms. The molecular formula is C10H7EuF3O2. The van der Waals surface area contributed by atoms with Crippen LogP contribution in [0.4, 0.5) is 13.2 Å². The molecule has 0 aromatic heterocycles. The number of allylic oxidation sites excluding steroid dienone is 2. The summed E-state index contributed by atoms with van der Waals surface area (Å²) < 4.78 is 35.6. The Bertz CT molecular complexity index is 385. The van der Waals surface area contributed by atoms with E-state index in [9.17, 15) is 18.0 Å². The summed E-state index contributed by atoms with van der Waals surface area (Å²) >= 11 is 0. The molecule has 0 aliphatic heterocycles. The van der Waals surface area contributed by atoms with Crippen LogP contribution in [0.1, 0.15) is 10.4 Å². The van der Waals surface area contributed by atoms with Crippen molar-refractivity contribution in [3.63, 3.8) is 0 Å². The van der Waals surface area contributed by atoms with E-state index in [0.717, 1.165) is 0 Å². The van der Waals surface area contributed by atoms with Gasteiger partial charge >= 0.3 is 6.18 Å². The minimum Gasteiger partial charge on any atom is -0.504 e. The zero-order chi connectivity index (χ0) is 11.5. The summed E-state index contributed by atoms with van der Waals surface area (Å²) in [6.45, 7) is 0. The van der Waals surface area contributed by atoms with E-state index in [-0.39, 0.29) is 61.0 Å². The van der Waals surface area contributed by atoms with Crippen molar-refractivity contribution in [2.24, 2.45) is 0 Å². The van der Waals surface area contributed by atoms with E-state index in [0.29, 0.717) is 0 Å². The maximum Gasteiger partial charge on any atom is 0.448 e. The number of aliphatic hydroxyl groups is 1. The fraction of sp³-hybridized carbons (Fsp3) is 0.100. The van der Waals surface area contributed by atoms with Gasteiger partial charge in [0.1, 0.15) is 0 Å². The van der Waals surface area contributed by atoms with Gasteiger partial charge in [0.25, 0.3) is 0 Å². The molecule has 0 saturated heterocycles. The zero-order valence-electron chi connectivity index (χ0n) is 7.83. The number of rotatable bonds is 2. The van der Waals surface area contributed by atoms with E-state index >= 15 is 0 Å². The maximum absolute atomic E-state index is 11.9. The van der Waals surface area contributed by atoms with Crippen molar-refractivity contribution >= 4 is 5.78 Å². The van der Waals surface area contributed by atoms with Crippen LogP contribution in [0, 0.1) is 49.4 Å². The van der Waals surface area contributed by atoms with Gasteiger partial charge in [-0.15, -0.1) is 0 Å². The first-order chi connectivity index (χ1) is 6.91. The van der Waals surface area contributed by atoms with E-state index < -0.39 is 17.7 Å². The molecule has 2 nitrogen and oxygen atoms in total. The largest absolute Gasteiger partial charge is 0.504 e. The average Bonchev–Trinajstić information content (AvgIpc) is 2.17. The molecule has 0 spiro atoms. The van der Waals surface area contributed by atoms with Crippen LogP contribution in [0.5, 0.6) is 0 Å². The van der Waals surface area contributed by atoms with Gasteiger partial charge < -0.3 is 5.11 Å². The van der Waals surface area contributed by atoms with Crippen LogP contribution >= 0.6 is 0 Å². The van der Waals surface area contributed by atoms with Crippen LogP contribution in [-0.4, -0.2) is 17.1 Å². The smallest absolute Gasteiger partial charge is 0.448 e. The first-order valence-corrected chi connectivity index (χ1v) is 3.98. The van der Waals surface area contributed by atoms with E-state index in [1.54, 1.807) is 6.07 Å². The molecule has 87 valence electrons. The predicted octanol–water partition coefficient (Wildman–Crippen LogP) is 2.87. The Labute approximate surface area is 131 Å². The minimum atomic E-state index is -4.88. The Morgan fingerprint density at radius 1 is 1.19 bits per heavy atom. The number of carbonyl (C=O) groups is 1. The molecule has 1 aromatic rings. The number of benzene rings is 1. The third-order valence-electron chi connectivity index (χ3n) is 1.62. The number of hydrogen-bond donors (Lipinski definition) is 1. The number of carbonyl (C=O) groups excluding carboxylic acids is 1. The molecule has 0 heterocycles. The second-order valence-corrected chi connectivity index (χ2v) is 2.76. The predicted molar refractivity (Wildman–Crippen MR) is 47.5 cm³/mol. The summed E-state index contributed by atoms with van der Waals surface area (Å²) in [5.41, 5.74) is 0.0910. The molecule has 0 amide bonds. The molecule has 1 rings (SSSR count). The number of ketones is 1. The van der Waals surface area contributed by atoms with Crippen molar-refractivity contribution in [3.8, 4) is 0 Å². The van der Waals surface area contributed by atoms with Gasteiger partial charge in [0.15, 0.2) is 5.78 Å². The number of hydrogen-bond acceptors (Lipinski definition) is 2. The van der Waals surface area contributed by atoms with Gasteiger partial charge in [-0.25, -0.2) is 0 Å². The van der Waals surface area contributed by atoms with Crippen LogP contribution in [0.3, 0.4) is 0 Å². The number of alkyl halides is 3. The van der Waals surface area contributed by atoms with Crippen molar-refractivity contribution < 1.29 is 72.4 Å². The molecule has 0 aliphatic rings. The Morgan fingerprint density at radius 3 is 2.12 bits per heavy atom. The van der Waals surface area contributed by atoms with E-state index in [1.807, 2.05) is 0 Å². The molecule has 6 heteroatoms. The number of halogens is 3. The van der Waals surface area contributed by atoms with Gasteiger partial charge in [-0.1, -0.05) is 30.3 Å². The number of aliphatic hydroxyl groups excluding tert-OH is 1. The Balaban J connectivity index is 0.00000225. The third-order valence-corrected chi connectivity index (χ3v) is 1.62. The first kappa shape index (κ1) is 15.8. The summed E-state index contributed by atoms with van der Waals surface area (Å²) in [6.07, 6.45) is -4.72. The van der Waals surface area contributed by atoms with Crippen molar-refractivity contribution in [1.29, 1.82) is 0 Å². The van der Waals surface area contributed by atoms with Crippen molar-refractivity contribution in [1.82, 2.24) is 0 Å². The van der Waals surface area contributed by atoms with Crippen LogP contribution in [0.25, 0.3) is 0 Å². The first-order valence-electron chi connectivity index (χ1n) is 3.98. The molecule has 0 unspecified atom stereocenters. The Hall–Kier alpha value is -0.196. The average molecular weight is 368 g/mol. The normalized spacial score (nSPS) is 11.8. The molecule has 0 saturated carbocycles. The van der Waals surface area contributed by atoms with Crippen LogP contribution in [-0.2, 0) is 0 Å².